The van der Waals surface area contributed by atoms with Crippen LogP contribution >= 0.6 is 0 Å². The van der Waals surface area contributed by atoms with Crippen molar-refractivity contribution in [2.45, 2.75) is 32.4 Å². The Bertz CT molecular complexity index is 998. The molecule has 4 rings (SSSR count). The van der Waals surface area contributed by atoms with Gasteiger partial charge >= 0.3 is 0 Å². The number of amides is 1. The Morgan fingerprint density at radius 1 is 1.14 bits per heavy atom. The first-order chi connectivity index (χ1) is 14.1. The number of aromatic amines is 1. The molecule has 0 unspecified atom stereocenters. The number of H-pyrrole nitrogens is 1. The van der Waals surface area contributed by atoms with E-state index < -0.39 is 0 Å². The topological polar surface area (TPSA) is 78.5 Å². The number of benzene rings is 2. The number of carbonyl (C=O) groups is 1. The van der Waals surface area contributed by atoms with Crippen molar-refractivity contribution >= 4 is 5.91 Å². The van der Waals surface area contributed by atoms with E-state index in [1.807, 2.05) is 61.2 Å². The number of fused-ring (bicyclic) bond motifs is 1. The van der Waals surface area contributed by atoms with Gasteiger partial charge in [-0.1, -0.05) is 42.5 Å². The smallest absolute Gasteiger partial charge is 0.273 e. The molecule has 2 N–H and O–H groups in total. The molecule has 0 spiro atoms. The van der Waals surface area contributed by atoms with E-state index in [4.69, 9.17) is 4.74 Å². The van der Waals surface area contributed by atoms with Crippen molar-refractivity contribution < 1.29 is 14.6 Å². The molecule has 6 nitrogen and oxygen atoms in total. The lowest BCUT2D eigenvalue weighted by Gasteiger charge is -2.26. The lowest BCUT2D eigenvalue weighted by Crippen LogP contribution is -2.31. The predicted molar refractivity (Wildman–Crippen MR) is 111 cm³/mol. The zero-order valence-corrected chi connectivity index (χ0v) is 16.6. The second-order valence-corrected chi connectivity index (χ2v) is 7.46. The van der Waals surface area contributed by atoms with Gasteiger partial charge in [-0.05, 0) is 38.0 Å². The molecule has 1 aliphatic rings. The average Bonchev–Trinajstić information content (AvgIpc) is 3.25. The Morgan fingerprint density at radius 3 is 2.59 bits per heavy atom. The maximum Gasteiger partial charge on any atom is 0.273 e. The van der Waals surface area contributed by atoms with E-state index in [1.54, 1.807) is 12.1 Å². The summed E-state index contributed by atoms with van der Waals surface area (Å²) in [6.07, 6.45) is 0.912. The number of ether oxygens (including phenoxy) is 1. The summed E-state index contributed by atoms with van der Waals surface area (Å²) in [5, 5.41) is 17.7. The molecule has 0 bridgehead atoms. The van der Waals surface area contributed by atoms with E-state index in [2.05, 4.69) is 10.2 Å². The average molecular weight is 391 g/mol. The molecule has 150 valence electrons. The SMILES string of the molecule is CC(C)OCCCN1C(=O)c2[nH]nc(-c3ccccc3O)c2[C@H]1c1ccccc1. The van der Waals surface area contributed by atoms with E-state index in [-0.39, 0.29) is 23.8 Å². The van der Waals surface area contributed by atoms with Crippen molar-refractivity contribution in [2.75, 3.05) is 13.2 Å². The fourth-order valence-electron chi connectivity index (χ4n) is 3.84. The summed E-state index contributed by atoms with van der Waals surface area (Å²) in [5.74, 6) is 0.0671. The fraction of sp³-hybridized carbons (Fsp3) is 0.304. The molecule has 29 heavy (non-hydrogen) atoms. The van der Waals surface area contributed by atoms with E-state index in [9.17, 15) is 9.90 Å². The number of hydrogen-bond acceptors (Lipinski definition) is 4. The number of phenolic OH excluding ortho intramolecular Hbond substituents is 1. The molecule has 0 fully saturated rings. The van der Waals surface area contributed by atoms with Gasteiger partial charge in [-0.3, -0.25) is 9.89 Å². The minimum atomic E-state index is -0.258. The molecular formula is C23H25N3O3. The van der Waals surface area contributed by atoms with Crippen LogP contribution in [0, 0.1) is 0 Å². The second-order valence-electron chi connectivity index (χ2n) is 7.46. The highest BCUT2D eigenvalue weighted by atomic mass is 16.5. The normalized spacial score (nSPS) is 15.9. The summed E-state index contributed by atoms with van der Waals surface area (Å²) >= 11 is 0. The largest absolute Gasteiger partial charge is 0.507 e. The first-order valence-electron chi connectivity index (χ1n) is 9.92. The summed E-state index contributed by atoms with van der Waals surface area (Å²) in [6.45, 7) is 5.18. The number of aromatic hydroxyl groups is 1. The molecular weight excluding hydrogens is 366 g/mol. The van der Waals surface area contributed by atoms with Crippen molar-refractivity contribution in [2.24, 2.45) is 0 Å². The van der Waals surface area contributed by atoms with Crippen LogP contribution in [0.4, 0.5) is 0 Å². The Balaban J connectivity index is 1.73. The molecule has 2 heterocycles. The van der Waals surface area contributed by atoms with Crippen molar-refractivity contribution in [3.05, 3.63) is 71.4 Å². The molecule has 3 aromatic rings. The summed E-state index contributed by atoms with van der Waals surface area (Å²) < 4.78 is 5.65. The van der Waals surface area contributed by atoms with Gasteiger partial charge in [0, 0.05) is 24.3 Å². The van der Waals surface area contributed by atoms with E-state index in [0.29, 0.717) is 30.1 Å². The number of aromatic nitrogens is 2. The van der Waals surface area contributed by atoms with Gasteiger partial charge in [-0.15, -0.1) is 0 Å². The zero-order chi connectivity index (χ0) is 20.4. The molecule has 0 radical (unpaired) electrons. The summed E-state index contributed by atoms with van der Waals surface area (Å²) in [5.41, 5.74) is 3.54. The highest BCUT2D eigenvalue weighted by Crippen LogP contribution is 2.44. The van der Waals surface area contributed by atoms with Crippen LogP contribution in [-0.2, 0) is 4.74 Å². The Hall–Kier alpha value is -3.12. The Morgan fingerprint density at radius 2 is 1.86 bits per heavy atom. The molecule has 1 aromatic heterocycles. The van der Waals surface area contributed by atoms with Crippen LogP contribution in [0.5, 0.6) is 5.75 Å². The van der Waals surface area contributed by atoms with Crippen LogP contribution in [0.2, 0.25) is 0 Å². The number of phenols is 1. The van der Waals surface area contributed by atoms with Gasteiger partial charge in [0.05, 0.1) is 12.1 Å². The first-order valence-corrected chi connectivity index (χ1v) is 9.92. The minimum Gasteiger partial charge on any atom is -0.507 e. The molecule has 0 saturated carbocycles. The molecule has 0 saturated heterocycles. The Labute approximate surface area is 170 Å². The standard InChI is InChI=1S/C23H25N3O3/c1-15(2)29-14-8-13-26-22(16-9-4-3-5-10-16)19-20(24-25-21(19)23(26)28)17-11-6-7-12-18(17)27/h3-7,9-12,15,22,27H,8,13-14H2,1-2H3,(H,24,25)/t22-/m1/s1. The van der Waals surface area contributed by atoms with Gasteiger partial charge in [-0.25, -0.2) is 0 Å². The third-order valence-corrected chi connectivity index (χ3v) is 5.13. The van der Waals surface area contributed by atoms with Gasteiger partial charge in [-0.2, -0.15) is 5.10 Å². The summed E-state index contributed by atoms with van der Waals surface area (Å²) in [4.78, 5) is 15.1. The van der Waals surface area contributed by atoms with Gasteiger partial charge < -0.3 is 14.7 Å². The predicted octanol–water partition coefficient (Wildman–Crippen LogP) is 4.14. The minimum absolute atomic E-state index is 0.0763. The quantitative estimate of drug-likeness (QED) is 0.593. The number of hydrogen-bond donors (Lipinski definition) is 2. The Kier molecular flexibility index (Phi) is 5.36. The number of nitrogens with zero attached hydrogens (tertiary/aromatic N) is 2. The van der Waals surface area contributed by atoms with Crippen LogP contribution in [0.1, 0.15) is 47.9 Å². The van der Waals surface area contributed by atoms with Gasteiger partial charge in [0.15, 0.2) is 0 Å². The highest BCUT2D eigenvalue weighted by molar-refractivity contribution is 6.00. The molecule has 1 atom stereocenters. The fourth-order valence-corrected chi connectivity index (χ4v) is 3.84. The lowest BCUT2D eigenvalue weighted by atomic mass is 9.96. The van der Waals surface area contributed by atoms with Crippen LogP contribution in [0.15, 0.2) is 54.6 Å². The number of rotatable bonds is 7. The van der Waals surface area contributed by atoms with Crippen molar-refractivity contribution in [1.29, 1.82) is 0 Å². The zero-order valence-electron chi connectivity index (χ0n) is 16.6. The third-order valence-electron chi connectivity index (χ3n) is 5.13. The van der Waals surface area contributed by atoms with Crippen molar-refractivity contribution in [1.82, 2.24) is 15.1 Å². The first kappa shape index (κ1) is 19.2. The molecule has 6 heteroatoms. The number of carbonyl (C=O) groups excluding carboxylic acids is 1. The molecule has 1 amide bonds. The lowest BCUT2D eigenvalue weighted by molar-refractivity contribution is 0.0601. The van der Waals surface area contributed by atoms with Crippen molar-refractivity contribution in [3.8, 4) is 17.0 Å². The number of nitrogens with one attached hydrogen (secondary N) is 1. The van der Waals surface area contributed by atoms with Crippen LogP contribution in [-0.4, -0.2) is 45.4 Å². The summed E-state index contributed by atoms with van der Waals surface area (Å²) in [6, 6.07) is 16.8. The van der Waals surface area contributed by atoms with Crippen LogP contribution in [0.3, 0.4) is 0 Å². The van der Waals surface area contributed by atoms with Crippen LogP contribution < -0.4 is 0 Å². The maximum atomic E-state index is 13.2. The summed E-state index contributed by atoms with van der Waals surface area (Å²) in [7, 11) is 0. The van der Waals surface area contributed by atoms with E-state index in [0.717, 1.165) is 17.5 Å². The highest BCUT2D eigenvalue weighted by Gasteiger charge is 2.42. The van der Waals surface area contributed by atoms with E-state index in [1.165, 1.54) is 0 Å². The molecule has 0 aliphatic carbocycles. The molecule has 1 aliphatic heterocycles. The third kappa shape index (κ3) is 3.63. The van der Waals surface area contributed by atoms with Gasteiger partial charge in [0.2, 0.25) is 0 Å². The van der Waals surface area contributed by atoms with Crippen LogP contribution in [0.25, 0.3) is 11.3 Å². The monoisotopic (exact) mass is 391 g/mol. The number of para-hydroxylation sites is 1. The van der Waals surface area contributed by atoms with Gasteiger partial charge in [0.25, 0.3) is 5.91 Å². The maximum absolute atomic E-state index is 13.2. The molecule has 2 aromatic carbocycles. The van der Waals surface area contributed by atoms with Crippen molar-refractivity contribution in [3.63, 3.8) is 0 Å². The van der Waals surface area contributed by atoms with E-state index >= 15 is 0 Å². The van der Waals surface area contributed by atoms with Gasteiger partial charge in [0.1, 0.15) is 17.1 Å². The second kappa shape index (κ2) is 8.09.